The van der Waals surface area contributed by atoms with Gasteiger partial charge >= 0.3 is 0 Å². The van der Waals surface area contributed by atoms with Crippen LogP contribution in [-0.4, -0.2) is 17.1 Å². The highest BCUT2D eigenvalue weighted by Crippen LogP contribution is 2.32. The summed E-state index contributed by atoms with van der Waals surface area (Å²) in [5.41, 5.74) is 9.16. The van der Waals surface area contributed by atoms with Gasteiger partial charge in [0.1, 0.15) is 11.6 Å². The zero-order valence-electron chi connectivity index (χ0n) is 12.0. The average molecular weight is 304 g/mol. The minimum atomic E-state index is 0.592. The molecule has 4 nitrogen and oxygen atoms in total. The predicted octanol–water partition coefficient (Wildman–Crippen LogP) is 3.66. The van der Waals surface area contributed by atoms with E-state index in [1.165, 1.54) is 6.42 Å². The van der Waals surface area contributed by atoms with Crippen LogP contribution in [-0.2, 0) is 12.8 Å². The molecule has 1 aromatic heterocycles. The molecule has 0 saturated carbocycles. The van der Waals surface area contributed by atoms with E-state index in [0.717, 1.165) is 42.5 Å². The highest BCUT2D eigenvalue weighted by atomic mass is 35.5. The summed E-state index contributed by atoms with van der Waals surface area (Å²) in [4.78, 5) is 9.21. The summed E-state index contributed by atoms with van der Waals surface area (Å²) in [6.07, 6.45) is 5.46. The van der Waals surface area contributed by atoms with Crippen molar-refractivity contribution in [3.63, 3.8) is 0 Å². The Bertz CT molecular complexity index is 673. The van der Waals surface area contributed by atoms with Crippen LogP contribution in [0.4, 0.5) is 5.82 Å². The fourth-order valence-electron chi connectivity index (χ4n) is 2.77. The molecule has 0 amide bonds. The number of hydrogen-bond acceptors (Lipinski definition) is 4. The number of ether oxygens (including phenoxy) is 1. The zero-order chi connectivity index (χ0) is 14.8. The Hall–Kier alpha value is -1.81. The summed E-state index contributed by atoms with van der Waals surface area (Å²) < 4.78 is 5.38. The van der Waals surface area contributed by atoms with E-state index in [-0.39, 0.29) is 0 Å². The van der Waals surface area contributed by atoms with E-state index in [2.05, 4.69) is 4.98 Å². The quantitative estimate of drug-likeness (QED) is 0.860. The number of nitrogen functional groups attached to an aromatic ring is 1. The molecular weight excluding hydrogens is 286 g/mol. The van der Waals surface area contributed by atoms with Gasteiger partial charge in [-0.25, -0.2) is 9.97 Å². The van der Waals surface area contributed by atoms with Crippen molar-refractivity contribution in [1.82, 2.24) is 9.97 Å². The second-order valence-corrected chi connectivity index (χ2v) is 5.70. The van der Waals surface area contributed by atoms with E-state index in [0.29, 0.717) is 22.4 Å². The summed E-state index contributed by atoms with van der Waals surface area (Å²) >= 11 is 6.01. The number of halogens is 1. The Morgan fingerprint density at radius 3 is 2.76 bits per heavy atom. The van der Waals surface area contributed by atoms with Gasteiger partial charge in [-0.15, -0.1) is 0 Å². The summed E-state index contributed by atoms with van der Waals surface area (Å²) in [7, 11) is 1.61. The number of rotatable bonds is 2. The van der Waals surface area contributed by atoms with E-state index < -0.39 is 0 Å². The van der Waals surface area contributed by atoms with Crippen molar-refractivity contribution in [3.05, 3.63) is 34.5 Å². The molecule has 2 N–H and O–H groups in total. The Labute approximate surface area is 129 Å². The lowest BCUT2D eigenvalue weighted by atomic mass is 10.1. The van der Waals surface area contributed by atoms with Gasteiger partial charge in [0.15, 0.2) is 5.82 Å². The van der Waals surface area contributed by atoms with Crippen LogP contribution in [0.15, 0.2) is 18.2 Å². The molecule has 0 unspecified atom stereocenters. The van der Waals surface area contributed by atoms with Crippen molar-refractivity contribution in [2.24, 2.45) is 0 Å². The molecule has 0 saturated heterocycles. The maximum absolute atomic E-state index is 6.15. The highest BCUT2D eigenvalue weighted by Gasteiger charge is 2.17. The first-order chi connectivity index (χ1) is 10.2. The summed E-state index contributed by atoms with van der Waals surface area (Å²) in [6.45, 7) is 0. The number of aryl methyl sites for hydroxylation is 1. The molecule has 2 aromatic rings. The average Bonchev–Trinajstić information content (AvgIpc) is 2.72. The minimum Gasteiger partial charge on any atom is -0.496 e. The second-order valence-electron chi connectivity index (χ2n) is 5.26. The molecule has 1 aromatic carbocycles. The summed E-state index contributed by atoms with van der Waals surface area (Å²) in [5, 5.41) is 0.623. The van der Waals surface area contributed by atoms with Gasteiger partial charge < -0.3 is 10.5 Å². The molecule has 5 heteroatoms. The third-order valence-corrected chi connectivity index (χ3v) is 4.10. The first-order valence-corrected chi connectivity index (χ1v) is 7.56. The van der Waals surface area contributed by atoms with Crippen molar-refractivity contribution in [3.8, 4) is 17.1 Å². The maximum Gasteiger partial charge on any atom is 0.165 e. The smallest absolute Gasteiger partial charge is 0.165 e. The van der Waals surface area contributed by atoms with Crippen LogP contribution >= 0.6 is 11.6 Å². The normalized spacial score (nSPS) is 14.4. The van der Waals surface area contributed by atoms with Crippen LogP contribution in [0.1, 0.15) is 30.5 Å². The fraction of sp³-hybridized carbons (Fsp3) is 0.375. The number of nitrogens with two attached hydrogens (primary N) is 1. The molecule has 0 aliphatic heterocycles. The predicted molar refractivity (Wildman–Crippen MR) is 84.7 cm³/mol. The van der Waals surface area contributed by atoms with Gasteiger partial charge in [0.05, 0.1) is 12.7 Å². The molecule has 0 fully saturated rings. The van der Waals surface area contributed by atoms with E-state index in [1.54, 1.807) is 13.2 Å². The largest absolute Gasteiger partial charge is 0.496 e. The second kappa shape index (κ2) is 5.90. The van der Waals surface area contributed by atoms with Gasteiger partial charge in [0.25, 0.3) is 0 Å². The zero-order valence-corrected chi connectivity index (χ0v) is 12.8. The molecule has 3 rings (SSSR count). The summed E-state index contributed by atoms with van der Waals surface area (Å²) in [6, 6.07) is 5.45. The van der Waals surface area contributed by atoms with Crippen LogP contribution in [0, 0.1) is 0 Å². The number of fused-ring (bicyclic) bond motifs is 1. The van der Waals surface area contributed by atoms with Gasteiger partial charge in [0, 0.05) is 16.3 Å². The molecule has 110 valence electrons. The van der Waals surface area contributed by atoms with E-state index in [4.69, 9.17) is 27.1 Å². The molecule has 1 heterocycles. The third kappa shape index (κ3) is 2.81. The molecule has 0 spiro atoms. The van der Waals surface area contributed by atoms with Crippen molar-refractivity contribution < 1.29 is 4.74 Å². The minimum absolute atomic E-state index is 0.592. The Morgan fingerprint density at radius 1 is 1.14 bits per heavy atom. The maximum atomic E-state index is 6.15. The molecule has 1 aliphatic rings. The van der Waals surface area contributed by atoms with Gasteiger partial charge in [-0.05, 0) is 43.9 Å². The van der Waals surface area contributed by atoms with Crippen molar-refractivity contribution >= 4 is 17.4 Å². The Kier molecular flexibility index (Phi) is 3.97. The van der Waals surface area contributed by atoms with Crippen LogP contribution < -0.4 is 10.5 Å². The van der Waals surface area contributed by atoms with E-state index >= 15 is 0 Å². The van der Waals surface area contributed by atoms with Gasteiger partial charge in [-0.3, -0.25) is 0 Å². The molecule has 0 atom stereocenters. The Balaban J connectivity index is 2.11. The first-order valence-electron chi connectivity index (χ1n) is 7.18. The first kappa shape index (κ1) is 14.1. The lowest BCUT2D eigenvalue weighted by molar-refractivity contribution is 0.416. The van der Waals surface area contributed by atoms with Gasteiger partial charge in [-0.1, -0.05) is 18.0 Å². The van der Waals surface area contributed by atoms with E-state index in [1.807, 2.05) is 12.1 Å². The lowest BCUT2D eigenvalue weighted by Gasteiger charge is -2.12. The van der Waals surface area contributed by atoms with Gasteiger partial charge in [0.2, 0.25) is 0 Å². The number of methoxy groups -OCH3 is 1. The number of anilines is 1. The molecule has 0 bridgehead atoms. The standard InChI is InChI=1S/C16H18ClN3O/c1-21-14-9-10(17)7-8-12(14)16-19-13-6-4-2-3-5-11(13)15(18)20-16/h7-9H,2-6H2,1H3,(H2,18,19,20). The molecular formula is C16H18ClN3O. The molecule has 1 aliphatic carbocycles. The highest BCUT2D eigenvalue weighted by molar-refractivity contribution is 6.30. The topological polar surface area (TPSA) is 61.0 Å². The van der Waals surface area contributed by atoms with Crippen LogP contribution in [0.5, 0.6) is 5.75 Å². The number of hydrogen-bond donors (Lipinski definition) is 1. The number of nitrogens with zero attached hydrogens (tertiary/aromatic N) is 2. The summed E-state index contributed by atoms with van der Waals surface area (Å²) in [5.74, 6) is 1.87. The van der Waals surface area contributed by atoms with Crippen LogP contribution in [0.2, 0.25) is 5.02 Å². The number of aromatic nitrogens is 2. The SMILES string of the molecule is COc1cc(Cl)ccc1-c1nc(N)c2c(n1)CCCCC2. The van der Waals surface area contributed by atoms with Crippen molar-refractivity contribution in [1.29, 1.82) is 0 Å². The van der Waals surface area contributed by atoms with Crippen molar-refractivity contribution in [2.45, 2.75) is 32.1 Å². The fourth-order valence-corrected chi connectivity index (χ4v) is 2.93. The van der Waals surface area contributed by atoms with Crippen molar-refractivity contribution in [2.75, 3.05) is 12.8 Å². The number of benzene rings is 1. The van der Waals surface area contributed by atoms with Crippen LogP contribution in [0.3, 0.4) is 0 Å². The third-order valence-electron chi connectivity index (χ3n) is 3.87. The lowest BCUT2D eigenvalue weighted by Crippen LogP contribution is -2.07. The molecule has 21 heavy (non-hydrogen) atoms. The molecule has 0 radical (unpaired) electrons. The van der Waals surface area contributed by atoms with Gasteiger partial charge in [-0.2, -0.15) is 0 Å². The van der Waals surface area contributed by atoms with Crippen LogP contribution in [0.25, 0.3) is 11.4 Å². The monoisotopic (exact) mass is 303 g/mol. The van der Waals surface area contributed by atoms with E-state index in [9.17, 15) is 0 Å². The Morgan fingerprint density at radius 2 is 1.95 bits per heavy atom.